The Balaban J connectivity index is 2.07. The molecule has 0 radical (unpaired) electrons. The van der Waals surface area contributed by atoms with Gasteiger partial charge in [0.2, 0.25) is 5.91 Å². The molecule has 0 aliphatic heterocycles. The van der Waals surface area contributed by atoms with Gasteiger partial charge in [0.25, 0.3) is 0 Å². The van der Waals surface area contributed by atoms with Crippen molar-refractivity contribution in [2.24, 2.45) is 5.73 Å². The van der Waals surface area contributed by atoms with Crippen LogP contribution in [0.3, 0.4) is 0 Å². The number of benzene rings is 1. The third-order valence-corrected chi connectivity index (χ3v) is 2.35. The van der Waals surface area contributed by atoms with Crippen LogP contribution >= 0.6 is 0 Å². The number of hydrogen-bond acceptors (Lipinski definition) is 4. The second-order valence-corrected chi connectivity index (χ2v) is 3.84. The van der Waals surface area contributed by atoms with E-state index in [4.69, 9.17) is 5.73 Å². The van der Waals surface area contributed by atoms with E-state index in [0.717, 1.165) is 0 Å². The fraction of sp³-hybridized carbons (Fsp3) is 0.154. The van der Waals surface area contributed by atoms with Gasteiger partial charge in [-0.2, -0.15) is 5.10 Å². The van der Waals surface area contributed by atoms with Crippen LogP contribution < -0.4 is 11.1 Å². The topological polar surface area (TPSA) is 85.8 Å². The van der Waals surface area contributed by atoms with Crippen molar-refractivity contribution in [3.63, 3.8) is 0 Å². The van der Waals surface area contributed by atoms with Crippen LogP contribution in [0.1, 0.15) is 5.56 Å². The lowest BCUT2D eigenvalue weighted by Crippen LogP contribution is -2.19. The molecular formula is C13H12FN5O. The molecule has 0 unspecified atom stereocenters. The van der Waals surface area contributed by atoms with Gasteiger partial charge in [0.1, 0.15) is 25.0 Å². The second kappa shape index (κ2) is 6.45. The first-order valence-electron chi connectivity index (χ1n) is 5.80. The van der Waals surface area contributed by atoms with Crippen molar-refractivity contribution in [3.05, 3.63) is 42.2 Å². The third kappa shape index (κ3) is 3.63. The molecule has 0 bridgehead atoms. The van der Waals surface area contributed by atoms with Gasteiger partial charge in [-0.25, -0.2) is 14.1 Å². The van der Waals surface area contributed by atoms with E-state index < -0.39 is 5.82 Å². The van der Waals surface area contributed by atoms with Gasteiger partial charge in [-0.3, -0.25) is 4.79 Å². The van der Waals surface area contributed by atoms with Crippen LogP contribution in [-0.2, 0) is 11.3 Å². The Morgan fingerprint density at radius 3 is 3.05 bits per heavy atom. The van der Waals surface area contributed by atoms with Crippen LogP contribution in [0.25, 0.3) is 0 Å². The Morgan fingerprint density at radius 2 is 2.35 bits per heavy atom. The second-order valence-electron chi connectivity index (χ2n) is 3.84. The van der Waals surface area contributed by atoms with Crippen LogP contribution in [0.4, 0.5) is 10.1 Å². The van der Waals surface area contributed by atoms with Gasteiger partial charge >= 0.3 is 0 Å². The minimum absolute atomic E-state index is 0.0290. The van der Waals surface area contributed by atoms with Crippen LogP contribution in [0.15, 0.2) is 30.9 Å². The van der Waals surface area contributed by atoms with Crippen molar-refractivity contribution in [2.45, 2.75) is 6.54 Å². The van der Waals surface area contributed by atoms with Crippen LogP contribution in [-0.4, -0.2) is 27.2 Å². The molecule has 20 heavy (non-hydrogen) atoms. The molecule has 0 aliphatic rings. The molecule has 0 atom stereocenters. The molecule has 1 aromatic carbocycles. The molecule has 0 fully saturated rings. The summed E-state index contributed by atoms with van der Waals surface area (Å²) >= 11 is 0. The molecule has 0 saturated carbocycles. The van der Waals surface area contributed by atoms with Gasteiger partial charge in [0.05, 0.1) is 12.1 Å². The van der Waals surface area contributed by atoms with Crippen LogP contribution in [0, 0.1) is 17.7 Å². The van der Waals surface area contributed by atoms with E-state index in [1.165, 1.54) is 35.5 Å². The maximum Gasteiger partial charge on any atom is 0.246 e. The van der Waals surface area contributed by atoms with E-state index >= 15 is 0 Å². The highest BCUT2D eigenvalue weighted by atomic mass is 19.1. The minimum Gasteiger partial charge on any atom is -0.324 e. The number of nitrogens with two attached hydrogens (primary N) is 1. The van der Waals surface area contributed by atoms with E-state index in [-0.39, 0.29) is 24.6 Å². The van der Waals surface area contributed by atoms with Gasteiger partial charge in [-0.1, -0.05) is 11.8 Å². The van der Waals surface area contributed by atoms with Crippen molar-refractivity contribution in [1.82, 2.24) is 14.8 Å². The highest BCUT2D eigenvalue weighted by Crippen LogP contribution is 2.14. The fourth-order valence-electron chi connectivity index (χ4n) is 1.51. The van der Waals surface area contributed by atoms with Crippen LogP contribution in [0.2, 0.25) is 0 Å². The Labute approximate surface area is 114 Å². The Kier molecular flexibility index (Phi) is 4.42. The van der Waals surface area contributed by atoms with Gasteiger partial charge < -0.3 is 11.1 Å². The summed E-state index contributed by atoms with van der Waals surface area (Å²) < 4.78 is 14.8. The lowest BCUT2D eigenvalue weighted by molar-refractivity contribution is -0.116. The summed E-state index contributed by atoms with van der Waals surface area (Å²) in [6, 6.07) is 4.16. The summed E-state index contributed by atoms with van der Waals surface area (Å²) in [5, 5.41) is 6.45. The summed E-state index contributed by atoms with van der Waals surface area (Å²) in [7, 11) is 0. The highest BCUT2D eigenvalue weighted by Gasteiger charge is 2.06. The number of rotatable bonds is 3. The third-order valence-electron chi connectivity index (χ3n) is 2.35. The molecule has 1 heterocycles. The smallest absolute Gasteiger partial charge is 0.246 e. The van der Waals surface area contributed by atoms with Gasteiger partial charge in [0, 0.05) is 5.69 Å². The summed E-state index contributed by atoms with van der Waals surface area (Å²) in [5.41, 5.74) is 5.88. The standard InChI is InChI=1S/C13H12FN5O/c14-12-4-3-11(6-10(12)2-1-5-15)18-13(20)7-19-9-16-8-17-19/h3-4,6,8-9H,5,7,15H2,(H,18,20). The number of nitrogens with zero attached hydrogens (tertiary/aromatic N) is 3. The van der Waals surface area contributed by atoms with Gasteiger partial charge in [0.15, 0.2) is 0 Å². The van der Waals surface area contributed by atoms with Crippen molar-refractivity contribution in [3.8, 4) is 11.8 Å². The molecule has 2 aromatic rings. The van der Waals surface area contributed by atoms with E-state index in [0.29, 0.717) is 5.69 Å². The largest absolute Gasteiger partial charge is 0.324 e. The molecule has 3 N–H and O–H groups in total. The number of nitrogens with one attached hydrogen (secondary N) is 1. The molecule has 0 saturated heterocycles. The van der Waals surface area contributed by atoms with Crippen molar-refractivity contribution in [2.75, 3.05) is 11.9 Å². The number of carbonyl (C=O) groups excluding carboxylic acids is 1. The molecule has 1 aromatic heterocycles. The fourth-order valence-corrected chi connectivity index (χ4v) is 1.51. The van der Waals surface area contributed by atoms with Crippen molar-refractivity contribution < 1.29 is 9.18 Å². The normalized spacial score (nSPS) is 9.70. The SMILES string of the molecule is NCC#Cc1cc(NC(=O)Cn2cncn2)ccc1F. The number of amides is 1. The quantitative estimate of drug-likeness (QED) is 0.791. The molecule has 102 valence electrons. The monoisotopic (exact) mass is 273 g/mol. The number of halogens is 1. The van der Waals surface area contributed by atoms with Gasteiger partial charge in [-0.05, 0) is 18.2 Å². The lowest BCUT2D eigenvalue weighted by atomic mass is 10.2. The molecule has 1 amide bonds. The summed E-state index contributed by atoms with van der Waals surface area (Å²) in [4.78, 5) is 15.5. The van der Waals surface area contributed by atoms with E-state index in [1.807, 2.05) is 0 Å². The summed E-state index contributed by atoms with van der Waals surface area (Å²) in [6.07, 6.45) is 2.77. The average Bonchev–Trinajstić information content (AvgIpc) is 2.92. The Morgan fingerprint density at radius 1 is 1.50 bits per heavy atom. The predicted octanol–water partition coefficient (Wildman–Crippen LogP) is 0.366. The molecule has 0 aliphatic carbocycles. The summed E-state index contributed by atoms with van der Waals surface area (Å²) in [6.45, 7) is 0.170. The molecular weight excluding hydrogens is 261 g/mol. The van der Waals surface area contributed by atoms with Crippen molar-refractivity contribution >= 4 is 11.6 Å². The first kappa shape index (κ1) is 13.7. The van der Waals surface area contributed by atoms with E-state index in [9.17, 15) is 9.18 Å². The molecule has 7 heteroatoms. The number of aromatic nitrogens is 3. The number of carbonyl (C=O) groups is 1. The predicted molar refractivity (Wildman–Crippen MR) is 71.0 cm³/mol. The molecule has 6 nitrogen and oxygen atoms in total. The Bertz CT molecular complexity index is 657. The van der Waals surface area contributed by atoms with E-state index in [1.54, 1.807) is 0 Å². The van der Waals surface area contributed by atoms with Gasteiger partial charge in [-0.15, -0.1) is 0 Å². The van der Waals surface area contributed by atoms with Crippen LogP contribution in [0.5, 0.6) is 0 Å². The zero-order valence-corrected chi connectivity index (χ0v) is 10.5. The lowest BCUT2D eigenvalue weighted by Gasteiger charge is -2.06. The average molecular weight is 273 g/mol. The first-order valence-corrected chi connectivity index (χ1v) is 5.80. The maximum atomic E-state index is 13.5. The Hall–Kier alpha value is -2.72. The number of anilines is 1. The molecule has 0 spiro atoms. The zero-order valence-electron chi connectivity index (χ0n) is 10.5. The molecule has 2 rings (SSSR count). The minimum atomic E-state index is -0.458. The highest BCUT2D eigenvalue weighted by molar-refractivity contribution is 5.90. The van der Waals surface area contributed by atoms with E-state index in [2.05, 4.69) is 27.2 Å². The zero-order chi connectivity index (χ0) is 14.4. The first-order chi connectivity index (χ1) is 9.69. The number of hydrogen-bond donors (Lipinski definition) is 2. The summed E-state index contributed by atoms with van der Waals surface area (Å²) in [5.74, 6) is 4.42. The van der Waals surface area contributed by atoms with Crippen molar-refractivity contribution in [1.29, 1.82) is 0 Å². The maximum absolute atomic E-state index is 13.5.